The van der Waals surface area contributed by atoms with Crippen molar-refractivity contribution in [3.8, 4) is 11.5 Å². The Balaban J connectivity index is 1.91. The number of sulfonamides is 1. The second kappa shape index (κ2) is 16.0. The second-order valence-corrected chi connectivity index (χ2v) is 12.4. The maximum absolute atomic E-state index is 14.0. The molecule has 0 spiro atoms. The zero-order valence-electron chi connectivity index (χ0n) is 25.7. The number of rotatable bonds is 16. The predicted octanol–water partition coefficient (Wildman–Crippen LogP) is 4.80. The SMILES string of the molecule is CCC(C)NC(=O)C(Cc1ccccc1)N(Cc1cccc(OC)c1)C(=O)CCCN(c1cccc(OC)c1)S(C)(=O)=O. The van der Waals surface area contributed by atoms with E-state index in [4.69, 9.17) is 9.47 Å². The molecule has 9 nitrogen and oxygen atoms in total. The maximum Gasteiger partial charge on any atom is 0.243 e. The molecule has 3 aromatic rings. The molecule has 232 valence electrons. The molecule has 0 heterocycles. The number of nitrogens with zero attached hydrogens (tertiary/aromatic N) is 2. The van der Waals surface area contributed by atoms with Gasteiger partial charge >= 0.3 is 0 Å². The Morgan fingerprint density at radius 1 is 0.884 bits per heavy atom. The molecule has 0 aliphatic rings. The third-order valence-corrected chi connectivity index (χ3v) is 8.45. The zero-order valence-corrected chi connectivity index (χ0v) is 26.5. The molecular formula is C33H43N3O6S. The van der Waals surface area contributed by atoms with Crippen LogP contribution in [-0.4, -0.2) is 64.2 Å². The van der Waals surface area contributed by atoms with E-state index in [1.165, 1.54) is 11.4 Å². The quantitative estimate of drug-likeness (QED) is 0.250. The van der Waals surface area contributed by atoms with Crippen molar-refractivity contribution in [1.29, 1.82) is 0 Å². The van der Waals surface area contributed by atoms with Gasteiger partial charge in [-0.25, -0.2) is 8.42 Å². The van der Waals surface area contributed by atoms with Gasteiger partial charge in [-0.3, -0.25) is 13.9 Å². The summed E-state index contributed by atoms with van der Waals surface area (Å²) < 4.78 is 37.3. The van der Waals surface area contributed by atoms with Gasteiger partial charge in [0.05, 0.1) is 26.2 Å². The van der Waals surface area contributed by atoms with Crippen LogP contribution in [0.4, 0.5) is 5.69 Å². The first-order valence-corrected chi connectivity index (χ1v) is 16.3. The molecule has 3 rings (SSSR count). The van der Waals surface area contributed by atoms with Crippen molar-refractivity contribution in [1.82, 2.24) is 10.2 Å². The normalized spacial score (nSPS) is 12.6. The van der Waals surface area contributed by atoms with Crippen LogP contribution in [0.25, 0.3) is 0 Å². The Morgan fingerprint density at radius 3 is 2.14 bits per heavy atom. The molecule has 0 aromatic heterocycles. The van der Waals surface area contributed by atoms with E-state index in [2.05, 4.69) is 5.32 Å². The minimum Gasteiger partial charge on any atom is -0.497 e. The van der Waals surface area contributed by atoms with Crippen LogP contribution < -0.4 is 19.1 Å². The summed E-state index contributed by atoms with van der Waals surface area (Å²) in [5.41, 5.74) is 2.20. The van der Waals surface area contributed by atoms with E-state index in [9.17, 15) is 18.0 Å². The molecule has 0 aliphatic heterocycles. The van der Waals surface area contributed by atoms with E-state index < -0.39 is 16.1 Å². The minimum atomic E-state index is -3.63. The number of amides is 2. The number of carbonyl (C=O) groups is 2. The topological polar surface area (TPSA) is 105 Å². The van der Waals surface area contributed by atoms with Gasteiger partial charge in [0.15, 0.2) is 0 Å². The van der Waals surface area contributed by atoms with Crippen molar-refractivity contribution < 1.29 is 27.5 Å². The number of ether oxygens (including phenoxy) is 2. The zero-order chi connectivity index (χ0) is 31.4. The summed E-state index contributed by atoms with van der Waals surface area (Å²) in [6.07, 6.45) is 2.51. The van der Waals surface area contributed by atoms with E-state index in [0.29, 0.717) is 23.6 Å². The highest BCUT2D eigenvalue weighted by atomic mass is 32.2. The van der Waals surface area contributed by atoms with E-state index in [0.717, 1.165) is 23.8 Å². The molecule has 0 fully saturated rings. The molecule has 0 bridgehead atoms. The third-order valence-electron chi connectivity index (χ3n) is 7.25. The Bertz CT molecular complexity index is 1450. The monoisotopic (exact) mass is 609 g/mol. The van der Waals surface area contributed by atoms with Gasteiger partial charge in [0.1, 0.15) is 17.5 Å². The fourth-order valence-electron chi connectivity index (χ4n) is 4.73. The van der Waals surface area contributed by atoms with E-state index in [-0.39, 0.29) is 43.8 Å². The third kappa shape index (κ3) is 10.0. The Labute approximate surface area is 255 Å². The molecule has 0 aliphatic carbocycles. The summed E-state index contributed by atoms with van der Waals surface area (Å²) >= 11 is 0. The number of benzene rings is 3. The van der Waals surface area contributed by atoms with Crippen LogP contribution in [0, 0.1) is 0 Å². The molecule has 0 saturated heterocycles. The van der Waals surface area contributed by atoms with Crippen LogP contribution >= 0.6 is 0 Å². The molecule has 2 amide bonds. The molecule has 2 unspecified atom stereocenters. The molecule has 0 saturated carbocycles. The van der Waals surface area contributed by atoms with Gasteiger partial charge in [-0.15, -0.1) is 0 Å². The predicted molar refractivity (Wildman–Crippen MR) is 170 cm³/mol. The lowest BCUT2D eigenvalue weighted by Gasteiger charge is -2.33. The summed E-state index contributed by atoms with van der Waals surface area (Å²) in [7, 11) is -0.534. The average molecular weight is 610 g/mol. The fraction of sp³-hybridized carbons (Fsp3) is 0.394. The van der Waals surface area contributed by atoms with Crippen molar-refractivity contribution in [3.05, 3.63) is 90.0 Å². The summed E-state index contributed by atoms with van der Waals surface area (Å²) in [5, 5.41) is 3.06. The van der Waals surface area contributed by atoms with Crippen LogP contribution in [0.5, 0.6) is 11.5 Å². The van der Waals surface area contributed by atoms with Gasteiger partial charge < -0.3 is 19.7 Å². The number of hydrogen-bond donors (Lipinski definition) is 1. The lowest BCUT2D eigenvalue weighted by atomic mass is 10.0. The lowest BCUT2D eigenvalue weighted by molar-refractivity contribution is -0.141. The number of nitrogens with one attached hydrogen (secondary N) is 1. The summed E-state index contributed by atoms with van der Waals surface area (Å²) in [6.45, 7) is 4.20. The Morgan fingerprint density at radius 2 is 1.51 bits per heavy atom. The summed E-state index contributed by atoms with van der Waals surface area (Å²) in [5.74, 6) is 0.698. The van der Waals surface area contributed by atoms with Crippen molar-refractivity contribution >= 4 is 27.5 Å². The van der Waals surface area contributed by atoms with Crippen LogP contribution in [0.3, 0.4) is 0 Å². The Hall–Kier alpha value is -4.05. The molecule has 2 atom stereocenters. The van der Waals surface area contributed by atoms with Gasteiger partial charge in [0.25, 0.3) is 0 Å². The highest BCUT2D eigenvalue weighted by Crippen LogP contribution is 2.24. The average Bonchev–Trinajstić information content (AvgIpc) is 3.00. The van der Waals surface area contributed by atoms with Gasteiger partial charge in [0.2, 0.25) is 21.8 Å². The van der Waals surface area contributed by atoms with Crippen LogP contribution in [-0.2, 0) is 32.6 Å². The molecule has 10 heteroatoms. The second-order valence-electron chi connectivity index (χ2n) is 10.5. The van der Waals surface area contributed by atoms with E-state index in [1.54, 1.807) is 36.3 Å². The standard InChI is InChI=1S/C33H43N3O6S/c1-6-25(2)34-33(38)31(22-26-13-8-7-9-14-26)35(24-27-15-10-17-29(21-27)41-3)32(37)19-12-20-36(43(5,39)40)28-16-11-18-30(23-28)42-4/h7-11,13-18,21,23,25,31H,6,12,19-20,22,24H2,1-5H3,(H,34,38). The van der Waals surface area contributed by atoms with Crippen molar-refractivity contribution in [2.75, 3.05) is 31.3 Å². The summed E-state index contributed by atoms with van der Waals surface area (Å²) in [4.78, 5) is 29.3. The van der Waals surface area contributed by atoms with Gasteiger partial charge in [-0.05, 0) is 55.2 Å². The van der Waals surface area contributed by atoms with Gasteiger partial charge in [0, 0.05) is 38.0 Å². The first kappa shape index (κ1) is 33.5. The fourth-order valence-corrected chi connectivity index (χ4v) is 5.69. The molecule has 1 N–H and O–H groups in total. The molecule has 43 heavy (non-hydrogen) atoms. The maximum atomic E-state index is 14.0. The van der Waals surface area contributed by atoms with E-state index in [1.807, 2.05) is 68.4 Å². The van der Waals surface area contributed by atoms with Crippen LogP contribution in [0.2, 0.25) is 0 Å². The number of hydrogen-bond acceptors (Lipinski definition) is 6. The number of anilines is 1. The first-order valence-electron chi connectivity index (χ1n) is 14.4. The molecular weight excluding hydrogens is 566 g/mol. The minimum absolute atomic E-state index is 0.0435. The highest BCUT2D eigenvalue weighted by molar-refractivity contribution is 7.92. The molecule has 0 radical (unpaired) electrons. The first-order chi connectivity index (χ1) is 20.5. The lowest BCUT2D eigenvalue weighted by Crippen LogP contribution is -2.52. The van der Waals surface area contributed by atoms with E-state index >= 15 is 0 Å². The van der Waals surface area contributed by atoms with Gasteiger partial charge in [-0.2, -0.15) is 0 Å². The highest BCUT2D eigenvalue weighted by Gasteiger charge is 2.31. The smallest absolute Gasteiger partial charge is 0.243 e. The van der Waals surface area contributed by atoms with Gasteiger partial charge in [-0.1, -0.05) is 55.5 Å². The summed E-state index contributed by atoms with van der Waals surface area (Å²) in [6, 6.07) is 23.0. The molecule has 3 aromatic carbocycles. The Kier molecular flexibility index (Phi) is 12.4. The van der Waals surface area contributed by atoms with Crippen LogP contribution in [0.15, 0.2) is 78.9 Å². The number of carbonyl (C=O) groups excluding carboxylic acids is 2. The van der Waals surface area contributed by atoms with Crippen molar-refractivity contribution in [2.24, 2.45) is 0 Å². The largest absolute Gasteiger partial charge is 0.497 e. The number of methoxy groups -OCH3 is 2. The van der Waals surface area contributed by atoms with Crippen LogP contribution in [0.1, 0.15) is 44.2 Å². The van der Waals surface area contributed by atoms with Crippen molar-refractivity contribution in [2.45, 2.75) is 58.2 Å². The van der Waals surface area contributed by atoms with Crippen molar-refractivity contribution in [3.63, 3.8) is 0 Å².